The molecular formula is C17H9Cl2F4N5O3S. The summed E-state index contributed by atoms with van der Waals surface area (Å²) in [6.07, 6.45) is -1.76. The summed E-state index contributed by atoms with van der Waals surface area (Å²) < 4.78 is 84.0. The molecule has 0 aliphatic carbocycles. The van der Waals surface area contributed by atoms with E-state index in [1.807, 2.05) is 4.72 Å². The fourth-order valence-corrected chi connectivity index (χ4v) is 3.81. The lowest BCUT2D eigenvalue weighted by molar-refractivity contribution is -0.137. The van der Waals surface area contributed by atoms with Gasteiger partial charge in [-0.05, 0) is 18.2 Å². The molecule has 3 aromatic heterocycles. The van der Waals surface area contributed by atoms with E-state index in [1.54, 1.807) is 0 Å². The molecule has 0 unspecified atom stereocenters. The Morgan fingerprint density at radius 3 is 2.47 bits per heavy atom. The molecule has 4 rings (SSSR count). The maximum Gasteiger partial charge on any atom is 0.417 e. The van der Waals surface area contributed by atoms with Crippen LogP contribution in [0.1, 0.15) is 5.56 Å². The topological polar surface area (TPSA) is 102 Å². The van der Waals surface area contributed by atoms with Crippen LogP contribution in [0.2, 0.25) is 10.0 Å². The number of anilines is 1. The van der Waals surface area contributed by atoms with Gasteiger partial charge in [0.2, 0.25) is 15.8 Å². The molecule has 0 saturated heterocycles. The fourth-order valence-electron chi connectivity index (χ4n) is 2.75. The zero-order valence-electron chi connectivity index (χ0n) is 15.6. The highest BCUT2D eigenvalue weighted by Gasteiger charge is 2.32. The zero-order chi connectivity index (χ0) is 23.4. The van der Waals surface area contributed by atoms with Crippen LogP contribution in [0, 0.1) is 5.82 Å². The van der Waals surface area contributed by atoms with Gasteiger partial charge in [0.25, 0.3) is 5.89 Å². The van der Waals surface area contributed by atoms with Gasteiger partial charge in [0.1, 0.15) is 11.5 Å². The lowest BCUT2D eigenvalue weighted by Crippen LogP contribution is -2.11. The smallest absolute Gasteiger partial charge is 0.332 e. The normalized spacial score (nSPS) is 12.5. The summed E-state index contributed by atoms with van der Waals surface area (Å²) in [6.45, 7) is 0. The first-order chi connectivity index (χ1) is 14.8. The van der Waals surface area contributed by atoms with Gasteiger partial charge in [-0.25, -0.2) is 17.8 Å². The number of alkyl halides is 3. The number of nitrogens with one attached hydrogen (secondary N) is 1. The molecule has 0 bridgehead atoms. The van der Waals surface area contributed by atoms with Gasteiger partial charge >= 0.3 is 6.18 Å². The van der Waals surface area contributed by atoms with Crippen molar-refractivity contribution in [2.45, 2.75) is 6.18 Å². The average Bonchev–Trinajstić information content (AvgIpc) is 3.29. The van der Waals surface area contributed by atoms with E-state index in [9.17, 15) is 26.0 Å². The maximum absolute atomic E-state index is 14.3. The molecular weight excluding hydrogens is 501 g/mol. The highest BCUT2D eigenvalue weighted by molar-refractivity contribution is 7.92. The Labute approximate surface area is 186 Å². The van der Waals surface area contributed by atoms with E-state index >= 15 is 0 Å². The largest absolute Gasteiger partial charge is 0.417 e. The number of halogens is 6. The summed E-state index contributed by atoms with van der Waals surface area (Å²) in [6, 6.07) is 2.68. The number of pyridine rings is 1. The molecule has 0 aliphatic rings. The van der Waals surface area contributed by atoms with Crippen molar-refractivity contribution in [2.75, 3.05) is 11.0 Å². The van der Waals surface area contributed by atoms with Gasteiger partial charge in [-0.1, -0.05) is 28.4 Å². The number of rotatable bonds is 4. The van der Waals surface area contributed by atoms with E-state index in [2.05, 4.69) is 15.1 Å². The van der Waals surface area contributed by atoms with E-state index in [1.165, 1.54) is 6.20 Å². The fraction of sp³-hybridized carbons (Fsp3) is 0.118. The van der Waals surface area contributed by atoms with Crippen LogP contribution in [0.15, 0.2) is 35.1 Å². The number of imidazole rings is 1. The molecule has 0 fully saturated rings. The molecule has 0 atom stereocenters. The minimum absolute atomic E-state index is 0.0110. The quantitative estimate of drug-likeness (QED) is 0.393. The highest BCUT2D eigenvalue weighted by Crippen LogP contribution is 2.34. The van der Waals surface area contributed by atoms with Crippen LogP contribution < -0.4 is 4.72 Å². The summed E-state index contributed by atoms with van der Waals surface area (Å²) in [7, 11) is -3.74. The molecule has 0 amide bonds. The Balaban J connectivity index is 1.72. The Bertz CT molecular complexity index is 1470. The third-order valence-corrected chi connectivity index (χ3v) is 5.25. The van der Waals surface area contributed by atoms with Gasteiger partial charge in [0, 0.05) is 18.0 Å². The second-order valence-electron chi connectivity index (χ2n) is 6.54. The molecule has 15 heteroatoms. The third kappa shape index (κ3) is 4.36. The molecule has 0 spiro atoms. The predicted octanol–water partition coefficient (Wildman–Crippen LogP) is 4.89. The summed E-state index contributed by atoms with van der Waals surface area (Å²) in [5.41, 5.74) is -1.33. The van der Waals surface area contributed by atoms with Gasteiger partial charge in [0.15, 0.2) is 5.65 Å². The summed E-state index contributed by atoms with van der Waals surface area (Å²) in [5.74, 6) is -1.29. The van der Waals surface area contributed by atoms with Gasteiger partial charge in [-0.3, -0.25) is 4.72 Å². The predicted molar refractivity (Wildman–Crippen MR) is 107 cm³/mol. The van der Waals surface area contributed by atoms with Gasteiger partial charge < -0.3 is 8.92 Å². The van der Waals surface area contributed by atoms with Crippen molar-refractivity contribution in [3.05, 3.63) is 52.0 Å². The van der Waals surface area contributed by atoms with Crippen molar-refractivity contribution in [1.82, 2.24) is 19.5 Å². The molecule has 1 aromatic carbocycles. The second kappa shape index (κ2) is 7.60. The van der Waals surface area contributed by atoms with Crippen LogP contribution >= 0.6 is 23.2 Å². The van der Waals surface area contributed by atoms with Gasteiger partial charge in [0.05, 0.1) is 27.6 Å². The summed E-state index contributed by atoms with van der Waals surface area (Å²) in [5, 5.41) is 3.35. The van der Waals surface area contributed by atoms with E-state index in [0.717, 1.165) is 35.1 Å². The summed E-state index contributed by atoms with van der Waals surface area (Å²) in [4.78, 5) is 8.14. The van der Waals surface area contributed by atoms with Crippen molar-refractivity contribution in [3.8, 4) is 23.0 Å². The summed E-state index contributed by atoms with van der Waals surface area (Å²) >= 11 is 12.0. The number of aromatic nitrogens is 4. The van der Waals surface area contributed by atoms with Crippen molar-refractivity contribution in [3.63, 3.8) is 0 Å². The first-order valence-electron chi connectivity index (χ1n) is 8.38. The van der Waals surface area contributed by atoms with Crippen LogP contribution in [-0.4, -0.2) is 34.2 Å². The molecule has 1 N–H and O–H groups in total. The lowest BCUT2D eigenvalue weighted by atomic mass is 10.2. The minimum Gasteiger partial charge on any atom is -0.332 e. The van der Waals surface area contributed by atoms with Crippen molar-refractivity contribution in [1.29, 1.82) is 0 Å². The van der Waals surface area contributed by atoms with Crippen molar-refractivity contribution < 1.29 is 30.5 Å². The van der Waals surface area contributed by atoms with E-state index in [4.69, 9.17) is 27.7 Å². The first kappa shape index (κ1) is 22.3. The molecule has 4 aromatic rings. The number of fused-ring (bicyclic) bond motifs is 1. The molecule has 168 valence electrons. The van der Waals surface area contributed by atoms with Crippen LogP contribution in [-0.2, 0) is 16.2 Å². The Morgan fingerprint density at radius 1 is 1.09 bits per heavy atom. The van der Waals surface area contributed by atoms with E-state index in [0.29, 0.717) is 0 Å². The monoisotopic (exact) mass is 509 g/mol. The molecule has 0 radical (unpaired) electrons. The SMILES string of the molecule is CS(=O)(=O)Nc1cc(Cl)c(-c2noc(-c3cn4cc(C(F)(F)F)cc(Cl)c4n3)n2)cc1F. The molecule has 0 saturated carbocycles. The zero-order valence-corrected chi connectivity index (χ0v) is 17.9. The Kier molecular flexibility index (Phi) is 5.30. The van der Waals surface area contributed by atoms with Crippen molar-refractivity contribution in [2.24, 2.45) is 0 Å². The van der Waals surface area contributed by atoms with Crippen LogP contribution in [0.4, 0.5) is 23.2 Å². The molecule has 3 heterocycles. The molecule has 0 aliphatic heterocycles. The highest BCUT2D eigenvalue weighted by atomic mass is 35.5. The second-order valence-corrected chi connectivity index (χ2v) is 9.10. The minimum atomic E-state index is -4.61. The van der Waals surface area contributed by atoms with Crippen LogP contribution in [0.3, 0.4) is 0 Å². The van der Waals surface area contributed by atoms with Gasteiger partial charge in [-0.15, -0.1) is 0 Å². The first-order valence-corrected chi connectivity index (χ1v) is 11.0. The Morgan fingerprint density at radius 2 is 1.81 bits per heavy atom. The van der Waals surface area contributed by atoms with Crippen LogP contribution in [0.25, 0.3) is 28.6 Å². The Hall–Kier alpha value is -2.90. The van der Waals surface area contributed by atoms with Crippen molar-refractivity contribution >= 4 is 44.6 Å². The third-order valence-electron chi connectivity index (χ3n) is 4.07. The number of hydrogen-bond acceptors (Lipinski definition) is 6. The van der Waals surface area contributed by atoms with E-state index < -0.39 is 27.6 Å². The maximum atomic E-state index is 14.3. The lowest BCUT2D eigenvalue weighted by Gasteiger charge is -2.07. The average molecular weight is 510 g/mol. The molecule has 32 heavy (non-hydrogen) atoms. The number of benzene rings is 1. The van der Waals surface area contributed by atoms with Crippen LogP contribution in [0.5, 0.6) is 0 Å². The van der Waals surface area contributed by atoms with E-state index in [-0.39, 0.29) is 44.4 Å². The number of sulfonamides is 1. The number of hydrogen-bond donors (Lipinski definition) is 1. The number of nitrogens with zero attached hydrogens (tertiary/aromatic N) is 4. The standard InChI is InChI=1S/C17H9Cl2F4N5O3S/c1-32(29,30)27-12-4-9(18)8(3-11(12)20)14-25-16(31-26-14)13-6-28-5-7(17(21,22)23)2-10(19)15(28)24-13/h2-6,27H,1H3. The molecule has 8 nitrogen and oxygen atoms in total. The van der Waals surface area contributed by atoms with Gasteiger partial charge in [-0.2, -0.15) is 18.2 Å².